The quantitative estimate of drug-likeness (QED) is 0.407. The smallest absolute Gasteiger partial charge is 0.160 e. The highest BCUT2D eigenvalue weighted by Gasteiger charge is 2.11. The van der Waals surface area contributed by atoms with Crippen LogP contribution in [0.2, 0.25) is 0 Å². The highest BCUT2D eigenvalue weighted by Crippen LogP contribution is 2.26. The Morgan fingerprint density at radius 1 is 1.15 bits per heavy atom. The zero-order valence-corrected chi connectivity index (χ0v) is 16.5. The minimum Gasteiger partial charge on any atom is -0.274 e. The fourth-order valence-electron chi connectivity index (χ4n) is 3.54. The van der Waals surface area contributed by atoms with E-state index in [-0.39, 0.29) is 5.82 Å². The van der Waals surface area contributed by atoms with Crippen molar-refractivity contribution in [2.45, 2.75) is 39.0 Å². The largest absolute Gasteiger partial charge is 0.274 e. The molecule has 6 heteroatoms. The van der Waals surface area contributed by atoms with Crippen LogP contribution >= 0.6 is 11.3 Å². The van der Waals surface area contributed by atoms with E-state index >= 15 is 0 Å². The predicted molar refractivity (Wildman–Crippen MR) is 109 cm³/mol. The number of hydrogen-bond acceptors (Lipinski definition) is 4. The van der Waals surface area contributed by atoms with E-state index in [1.807, 2.05) is 17.5 Å². The van der Waals surface area contributed by atoms with Crippen molar-refractivity contribution in [3.05, 3.63) is 41.8 Å². The molecule has 0 amide bonds. The summed E-state index contributed by atoms with van der Waals surface area (Å²) >= 11 is 1.55. The Kier molecular flexibility index (Phi) is 5.16. The molecular weight excluding hydrogens is 359 g/mol. The number of nitrogens with zero attached hydrogens (tertiary/aromatic N) is 4. The Hall–Kier alpha value is -2.34. The molecule has 0 N–H and O–H groups in total. The first-order valence-electron chi connectivity index (χ1n) is 9.43. The van der Waals surface area contributed by atoms with E-state index in [1.54, 1.807) is 35.5 Å². The molecule has 0 radical (unpaired) electrons. The molecule has 0 aliphatic heterocycles. The van der Waals surface area contributed by atoms with E-state index < -0.39 is 0 Å². The number of aromatic nitrogens is 4. The van der Waals surface area contributed by atoms with Gasteiger partial charge in [-0.05, 0) is 29.5 Å². The highest BCUT2D eigenvalue weighted by atomic mass is 32.1. The van der Waals surface area contributed by atoms with E-state index in [0.717, 1.165) is 21.5 Å². The molecule has 1 fully saturated rings. The summed E-state index contributed by atoms with van der Waals surface area (Å²) in [6, 6.07) is 5.26. The molecule has 0 bridgehead atoms. The molecule has 140 valence electrons. The standard InChI is InChI=1S/C14H9FN4S.C7H14/c1-19-7-10-4-9(5-11(15)12(10)18-19)13-16-6-8-2-3-20-14(8)17-13;1-7-5-3-2-4-6-7/h2-7H,1H3;7H,2-6H2,1H3. The average molecular weight is 383 g/mol. The Labute approximate surface area is 162 Å². The van der Waals surface area contributed by atoms with E-state index in [9.17, 15) is 4.39 Å². The van der Waals surface area contributed by atoms with Gasteiger partial charge in [0.15, 0.2) is 11.6 Å². The van der Waals surface area contributed by atoms with Crippen LogP contribution in [-0.2, 0) is 7.05 Å². The number of thiophene rings is 1. The van der Waals surface area contributed by atoms with Crippen LogP contribution in [0.1, 0.15) is 39.0 Å². The van der Waals surface area contributed by atoms with Gasteiger partial charge in [-0.2, -0.15) is 5.10 Å². The number of rotatable bonds is 1. The molecule has 3 aromatic heterocycles. The molecule has 3 heterocycles. The lowest BCUT2D eigenvalue weighted by Crippen LogP contribution is -1.99. The highest BCUT2D eigenvalue weighted by molar-refractivity contribution is 7.16. The summed E-state index contributed by atoms with van der Waals surface area (Å²) < 4.78 is 15.7. The molecule has 27 heavy (non-hydrogen) atoms. The van der Waals surface area contributed by atoms with Gasteiger partial charge in [0, 0.05) is 35.8 Å². The number of aryl methyl sites for hydroxylation is 1. The van der Waals surface area contributed by atoms with Gasteiger partial charge in [-0.15, -0.1) is 11.3 Å². The summed E-state index contributed by atoms with van der Waals surface area (Å²) in [6.45, 7) is 2.36. The van der Waals surface area contributed by atoms with E-state index in [2.05, 4.69) is 22.0 Å². The van der Waals surface area contributed by atoms with Gasteiger partial charge in [0.25, 0.3) is 0 Å². The molecule has 1 aliphatic carbocycles. The first-order valence-corrected chi connectivity index (χ1v) is 10.3. The fraction of sp³-hybridized carbons (Fsp3) is 0.381. The second-order valence-electron chi connectivity index (χ2n) is 7.32. The van der Waals surface area contributed by atoms with Crippen LogP contribution in [0, 0.1) is 11.7 Å². The van der Waals surface area contributed by atoms with Gasteiger partial charge in [-0.25, -0.2) is 14.4 Å². The van der Waals surface area contributed by atoms with Gasteiger partial charge in [-0.3, -0.25) is 4.68 Å². The van der Waals surface area contributed by atoms with E-state index in [4.69, 9.17) is 0 Å². The Bertz CT molecular complexity index is 1060. The Morgan fingerprint density at radius 2 is 1.96 bits per heavy atom. The van der Waals surface area contributed by atoms with Crippen molar-refractivity contribution in [3.63, 3.8) is 0 Å². The van der Waals surface area contributed by atoms with Crippen LogP contribution in [0.15, 0.2) is 36.0 Å². The van der Waals surface area contributed by atoms with Crippen LogP contribution in [0.3, 0.4) is 0 Å². The van der Waals surface area contributed by atoms with Crippen molar-refractivity contribution in [2.75, 3.05) is 0 Å². The molecular formula is C21H23FN4S. The minimum absolute atomic E-state index is 0.354. The average Bonchev–Trinajstić information content (AvgIpc) is 3.28. The molecule has 5 rings (SSSR count). The Balaban J connectivity index is 0.000000218. The van der Waals surface area contributed by atoms with Crippen molar-refractivity contribution in [2.24, 2.45) is 13.0 Å². The van der Waals surface area contributed by atoms with Crippen molar-refractivity contribution < 1.29 is 4.39 Å². The second kappa shape index (κ2) is 7.72. The van der Waals surface area contributed by atoms with Gasteiger partial charge >= 0.3 is 0 Å². The summed E-state index contributed by atoms with van der Waals surface area (Å²) in [4.78, 5) is 9.68. The zero-order chi connectivity index (χ0) is 18.8. The third-order valence-electron chi connectivity index (χ3n) is 5.04. The zero-order valence-electron chi connectivity index (χ0n) is 15.7. The van der Waals surface area contributed by atoms with E-state index in [1.165, 1.54) is 38.2 Å². The lowest BCUT2D eigenvalue weighted by atomic mass is 9.91. The lowest BCUT2D eigenvalue weighted by molar-refractivity contribution is 0.385. The number of fused-ring (bicyclic) bond motifs is 2. The molecule has 4 nitrogen and oxygen atoms in total. The van der Waals surface area contributed by atoms with Gasteiger partial charge < -0.3 is 0 Å². The maximum atomic E-state index is 14.1. The maximum absolute atomic E-state index is 14.1. The fourth-order valence-corrected chi connectivity index (χ4v) is 4.28. The molecule has 1 aromatic carbocycles. The third kappa shape index (κ3) is 4.00. The lowest BCUT2D eigenvalue weighted by Gasteiger charge is -2.15. The molecule has 0 unspecified atom stereocenters. The van der Waals surface area contributed by atoms with E-state index in [0.29, 0.717) is 16.9 Å². The maximum Gasteiger partial charge on any atom is 0.160 e. The monoisotopic (exact) mass is 382 g/mol. The molecule has 1 aliphatic rings. The topological polar surface area (TPSA) is 43.6 Å². The van der Waals surface area contributed by atoms with Gasteiger partial charge in [0.2, 0.25) is 0 Å². The minimum atomic E-state index is -0.354. The summed E-state index contributed by atoms with van der Waals surface area (Å²) in [7, 11) is 1.77. The van der Waals surface area contributed by atoms with Gasteiger partial charge in [-0.1, -0.05) is 39.0 Å². The molecule has 1 saturated carbocycles. The van der Waals surface area contributed by atoms with Crippen molar-refractivity contribution in [1.29, 1.82) is 0 Å². The summed E-state index contributed by atoms with van der Waals surface area (Å²) in [6.07, 6.45) is 11.0. The summed E-state index contributed by atoms with van der Waals surface area (Å²) in [5.74, 6) is 1.21. The SMILES string of the molecule is CC1CCCCC1.Cn1cc2cc(-c3ncc4ccsc4n3)cc(F)c2n1. The van der Waals surface area contributed by atoms with Crippen LogP contribution in [0.4, 0.5) is 4.39 Å². The Morgan fingerprint density at radius 3 is 2.70 bits per heavy atom. The van der Waals surface area contributed by atoms with Crippen LogP contribution in [0.5, 0.6) is 0 Å². The van der Waals surface area contributed by atoms with Gasteiger partial charge in [0.1, 0.15) is 10.3 Å². The molecule has 0 atom stereocenters. The van der Waals surface area contributed by atoms with Crippen molar-refractivity contribution >= 4 is 32.5 Å². The van der Waals surface area contributed by atoms with Gasteiger partial charge in [0.05, 0.1) is 0 Å². The molecule has 0 saturated heterocycles. The predicted octanol–water partition coefficient (Wildman–Crippen LogP) is 5.97. The van der Waals surface area contributed by atoms with Crippen LogP contribution < -0.4 is 0 Å². The van der Waals surface area contributed by atoms with Crippen LogP contribution in [0.25, 0.3) is 32.5 Å². The number of halogens is 1. The summed E-state index contributed by atoms with van der Waals surface area (Å²) in [5, 5.41) is 7.81. The molecule has 0 spiro atoms. The third-order valence-corrected chi connectivity index (χ3v) is 5.86. The van der Waals surface area contributed by atoms with Crippen molar-refractivity contribution in [3.8, 4) is 11.4 Å². The number of hydrogen-bond donors (Lipinski definition) is 0. The second-order valence-corrected chi connectivity index (χ2v) is 8.21. The molecule has 4 aromatic rings. The summed E-state index contributed by atoms with van der Waals surface area (Å²) in [5.41, 5.74) is 1.03. The first kappa shape index (κ1) is 18.0. The van der Waals surface area contributed by atoms with Crippen molar-refractivity contribution in [1.82, 2.24) is 19.7 Å². The normalized spacial score (nSPS) is 15.1. The first-order chi connectivity index (χ1) is 13.1. The van der Waals surface area contributed by atoms with Crippen LogP contribution in [-0.4, -0.2) is 19.7 Å². The number of benzene rings is 1.